The van der Waals surface area contributed by atoms with Gasteiger partial charge in [-0.05, 0) is 95.5 Å². The van der Waals surface area contributed by atoms with Crippen LogP contribution in [0.3, 0.4) is 0 Å². The maximum Gasteiger partial charge on any atom is 0.0544 e. The monoisotopic (exact) mass is 600 g/mol. The molecule has 2 heteroatoms. The summed E-state index contributed by atoms with van der Waals surface area (Å²) in [5, 5.41) is 6.67. The molecule has 3 unspecified atom stereocenters. The Morgan fingerprint density at radius 1 is 0.511 bits per heavy atom. The number of para-hydroxylation sites is 2. The lowest BCUT2D eigenvalue weighted by atomic mass is 9.74. The first kappa shape index (κ1) is 25.6. The molecule has 1 fully saturated rings. The molecule has 8 aromatic rings. The third kappa shape index (κ3) is 3.35. The fourth-order valence-corrected chi connectivity index (χ4v) is 9.02. The average molecular weight is 601 g/mol. The van der Waals surface area contributed by atoms with Crippen LogP contribution < -0.4 is 10.6 Å². The first-order valence-electron chi connectivity index (χ1n) is 16.9. The van der Waals surface area contributed by atoms with E-state index in [4.69, 9.17) is 0 Å². The van der Waals surface area contributed by atoms with E-state index in [9.17, 15) is 0 Å². The van der Waals surface area contributed by atoms with Crippen molar-refractivity contribution in [2.24, 2.45) is 11.8 Å². The second-order valence-corrected chi connectivity index (χ2v) is 13.9. The zero-order valence-corrected chi connectivity index (χ0v) is 26.2. The summed E-state index contributed by atoms with van der Waals surface area (Å²) in [6.07, 6.45) is 6.33. The molecular weight excluding hydrogens is 569 g/mol. The van der Waals surface area contributed by atoms with Crippen LogP contribution in [0.15, 0.2) is 140 Å². The van der Waals surface area contributed by atoms with Crippen molar-refractivity contribution in [1.82, 2.24) is 9.13 Å². The molecular formula is C45H32N2. The Morgan fingerprint density at radius 3 is 2.04 bits per heavy atom. The van der Waals surface area contributed by atoms with Gasteiger partial charge in [-0.25, -0.2) is 0 Å². The van der Waals surface area contributed by atoms with Crippen molar-refractivity contribution < 1.29 is 0 Å². The van der Waals surface area contributed by atoms with Crippen LogP contribution in [-0.4, -0.2) is 9.13 Å². The Hall–Kier alpha value is -5.60. The second kappa shape index (κ2) is 9.02. The number of rotatable bonds is 3. The van der Waals surface area contributed by atoms with E-state index in [1.807, 2.05) is 0 Å². The number of hydrogen-bond donors (Lipinski definition) is 0. The van der Waals surface area contributed by atoms with Gasteiger partial charge in [0.05, 0.1) is 21.9 Å². The Balaban J connectivity index is 1.20. The highest BCUT2D eigenvalue weighted by atomic mass is 15.0. The van der Waals surface area contributed by atoms with Crippen LogP contribution >= 0.6 is 0 Å². The molecule has 2 aromatic heterocycles. The van der Waals surface area contributed by atoms with Crippen LogP contribution in [0.2, 0.25) is 0 Å². The van der Waals surface area contributed by atoms with Crippen molar-refractivity contribution in [1.29, 1.82) is 0 Å². The summed E-state index contributed by atoms with van der Waals surface area (Å²) in [6.45, 7) is 2.41. The molecule has 0 aliphatic heterocycles. The van der Waals surface area contributed by atoms with Gasteiger partial charge < -0.3 is 9.13 Å². The fourth-order valence-electron chi connectivity index (χ4n) is 9.02. The number of nitrogens with zero attached hydrogens (tertiary/aromatic N) is 2. The fraction of sp³-hybridized carbons (Fsp3) is 0.111. The van der Waals surface area contributed by atoms with Gasteiger partial charge >= 0.3 is 0 Å². The molecule has 47 heavy (non-hydrogen) atoms. The van der Waals surface area contributed by atoms with Gasteiger partial charge in [-0.1, -0.05) is 109 Å². The summed E-state index contributed by atoms with van der Waals surface area (Å²) in [5.74, 6) is 1.39. The molecule has 3 aliphatic rings. The van der Waals surface area contributed by atoms with E-state index in [2.05, 4.69) is 168 Å². The van der Waals surface area contributed by atoms with Crippen LogP contribution in [0.1, 0.15) is 30.0 Å². The van der Waals surface area contributed by atoms with E-state index in [1.165, 1.54) is 88.9 Å². The topological polar surface area (TPSA) is 9.86 Å². The predicted molar refractivity (Wildman–Crippen MR) is 195 cm³/mol. The third-order valence-corrected chi connectivity index (χ3v) is 11.4. The van der Waals surface area contributed by atoms with E-state index >= 15 is 0 Å². The minimum absolute atomic E-state index is 0.249. The Morgan fingerprint density at radius 2 is 1.19 bits per heavy atom. The van der Waals surface area contributed by atoms with Crippen molar-refractivity contribution in [3.63, 3.8) is 0 Å². The Bertz CT molecular complexity index is 2740. The van der Waals surface area contributed by atoms with Crippen molar-refractivity contribution in [3.05, 3.63) is 167 Å². The Labute approximate surface area is 273 Å². The lowest BCUT2D eigenvalue weighted by Gasteiger charge is -2.28. The van der Waals surface area contributed by atoms with Gasteiger partial charge in [0.2, 0.25) is 0 Å². The highest BCUT2D eigenvalue weighted by Crippen LogP contribution is 2.54. The van der Waals surface area contributed by atoms with Crippen molar-refractivity contribution in [3.8, 4) is 22.5 Å². The summed E-state index contributed by atoms with van der Waals surface area (Å²) < 4.78 is 4.99. The Kier molecular flexibility index (Phi) is 4.91. The molecule has 0 saturated heterocycles. The first-order valence-corrected chi connectivity index (χ1v) is 16.9. The van der Waals surface area contributed by atoms with Crippen LogP contribution in [0.5, 0.6) is 0 Å². The van der Waals surface area contributed by atoms with Crippen LogP contribution in [0, 0.1) is 11.8 Å². The quantitative estimate of drug-likeness (QED) is 0.191. The molecule has 0 bridgehead atoms. The summed E-state index contributed by atoms with van der Waals surface area (Å²) in [4.78, 5) is 0. The zero-order chi connectivity index (χ0) is 30.9. The van der Waals surface area contributed by atoms with Gasteiger partial charge in [0.25, 0.3) is 0 Å². The number of aromatic nitrogens is 2. The third-order valence-electron chi connectivity index (χ3n) is 11.4. The second-order valence-electron chi connectivity index (χ2n) is 13.9. The van der Waals surface area contributed by atoms with E-state index in [0.717, 1.165) is 0 Å². The minimum atomic E-state index is -0.249. The summed E-state index contributed by atoms with van der Waals surface area (Å²) in [7, 11) is 0. The van der Waals surface area contributed by atoms with Crippen LogP contribution in [0.25, 0.3) is 67.4 Å². The van der Waals surface area contributed by atoms with Gasteiger partial charge in [-0.2, -0.15) is 0 Å². The predicted octanol–water partition coefficient (Wildman–Crippen LogP) is 9.27. The van der Waals surface area contributed by atoms with Crippen molar-refractivity contribution >= 4 is 44.9 Å². The maximum absolute atomic E-state index is 2.53. The average Bonchev–Trinajstić information content (AvgIpc) is 3.63. The molecule has 222 valence electrons. The molecule has 0 spiro atoms. The van der Waals surface area contributed by atoms with Gasteiger partial charge in [-0.3, -0.25) is 0 Å². The molecule has 6 aromatic carbocycles. The van der Waals surface area contributed by atoms with E-state index in [0.29, 0.717) is 11.8 Å². The summed E-state index contributed by atoms with van der Waals surface area (Å²) in [5.41, 5.74) is 12.6. The number of benzene rings is 6. The van der Waals surface area contributed by atoms with Gasteiger partial charge in [-0.15, -0.1) is 0 Å². The van der Waals surface area contributed by atoms with Crippen LogP contribution in [-0.2, 0) is 5.41 Å². The van der Waals surface area contributed by atoms with Gasteiger partial charge in [0.15, 0.2) is 0 Å². The van der Waals surface area contributed by atoms with E-state index in [1.54, 1.807) is 0 Å². The normalized spacial score (nSPS) is 20.4. The molecule has 0 radical (unpaired) electrons. The van der Waals surface area contributed by atoms with Crippen molar-refractivity contribution in [2.45, 2.75) is 18.8 Å². The zero-order valence-electron chi connectivity index (χ0n) is 26.2. The SMILES string of the molecule is CC1(c2ccccc2)c2ccccc2-c2cc3c4ccccc4n(-c4cccc(-n5c6c(c7ccccc75)=CC5CC5C=6)c4)c3cc21. The van der Waals surface area contributed by atoms with E-state index in [-0.39, 0.29) is 5.41 Å². The highest BCUT2D eigenvalue weighted by molar-refractivity contribution is 6.11. The smallest absolute Gasteiger partial charge is 0.0544 e. The molecule has 0 amide bonds. The van der Waals surface area contributed by atoms with Gasteiger partial charge in [0.1, 0.15) is 0 Å². The molecule has 0 N–H and O–H groups in total. The maximum atomic E-state index is 2.53. The lowest BCUT2D eigenvalue weighted by Crippen LogP contribution is -2.30. The van der Waals surface area contributed by atoms with Crippen molar-refractivity contribution in [2.75, 3.05) is 0 Å². The molecule has 2 nitrogen and oxygen atoms in total. The molecule has 3 aliphatic carbocycles. The molecule has 2 heterocycles. The molecule has 11 rings (SSSR count). The van der Waals surface area contributed by atoms with E-state index < -0.39 is 0 Å². The molecule has 3 atom stereocenters. The minimum Gasteiger partial charge on any atom is -0.309 e. The number of hydrogen-bond acceptors (Lipinski definition) is 0. The lowest BCUT2D eigenvalue weighted by molar-refractivity contribution is 0.714. The first-order chi connectivity index (χ1) is 23.2. The largest absolute Gasteiger partial charge is 0.309 e. The summed E-state index contributed by atoms with van der Waals surface area (Å²) >= 11 is 0. The highest BCUT2D eigenvalue weighted by Gasteiger charge is 2.41. The standard InChI is InChI=1S/C45H32N2/c1-45(30-12-3-2-4-13-30)39-19-8-5-16-33(39)36-26-38-35-18-7-10-21-42(35)47(44(38)27-40(36)45)32-15-11-14-31(25-32)46-41-20-9-6-17-34(41)37-23-28-22-29(28)24-43(37)46/h2-21,23-29H,22H2,1H3. The van der Waals surface area contributed by atoms with Crippen LogP contribution in [0.4, 0.5) is 0 Å². The summed E-state index contributed by atoms with van der Waals surface area (Å²) in [6, 6.07) is 52.0. The van der Waals surface area contributed by atoms with Gasteiger partial charge in [0, 0.05) is 38.2 Å². The molecule has 1 saturated carbocycles. The number of fused-ring (bicyclic) bond motifs is 10.